The molecule has 0 saturated carbocycles. The molecular weight excluding hydrogens is 837 g/mol. The van der Waals surface area contributed by atoms with E-state index in [2.05, 4.69) is 246 Å². The zero-order valence-corrected chi connectivity index (χ0v) is 37.4. The van der Waals surface area contributed by atoms with Crippen LogP contribution in [-0.2, 0) is 5.41 Å². The van der Waals surface area contributed by atoms with Crippen LogP contribution in [0, 0.1) is 0 Å². The van der Waals surface area contributed by atoms with E-state index >= 15 is 0 Å². The molecule has 0 bridgehead atoms. The van der Waals surface area contributed by atoms with E-state index in [0.29, 0.717) is 5.82 Å². The third kappa shape index (κ3) is 5.28. The first-order valence-corrected chi connectivity index (χ1v) is 23.7. The zero-order chi connectivity index (χ0) is 45.2. The number of fused-ring (bicyclic) bond motifs is 15. The van der Waals surface area contributed by atoms with Crippen LogP contribution in [0.15, 0.2) is 243 Å². The molecule has 1 unspecified atom stereocenters. The molecule has 0 amide bonds. The van der Waals surface area contributed by atoms with E-state index in [0.717, 1.165) is 33.8 Å². The second kappa shape index (κ2) is 14.4. The van der Waals surface area contributed by atoms with Gasteiger partial charge in [-0.15, -0.1) is 0 Å². The molecule has 4 heteroatoms. The van der Waals surface area contributed by atoms with Crippen molar-refractivity contribution in [1.82, 2.24) is 19.1 Å². The van der Waals surface area contributed by atoms with E-state index in [-0.39, 0.29) is 0 Å². The fourth-order valence-corrected chi connectivity index (χ4v) is 12.1. The Labute approximate surface area is 398 Å². The lowest BCUT2D eigenvalue weighted by Crippen LogP contribution is -2.33. The number of benzene rings is 10. The van der Waals surface area contributed by atoms with Crippen LogP contribution in [0.2, 0.25) is 0 Å². The van der Waals surface area contributed by atoms with Gasteiger partial charge in [0.05, 0.1) is 44.6 Å². The normalized spacial score (nSPS) is 14.4. The highest BCUT2D eigenvalue weighted by molar-refractivity contribution is 6.14. The van der Waals surface area contributed by atoms with Gasteiger partial charge in [-0.05, 0) is 99.1 Å². The Kier molecular flexibility index (Phi) is 7.96. The summed E-state index contributed by atoms with van der Waals surface area (Å²) < 4.78 is 4.90. The topological polar surface area (TPSA) is 35.6 Å². The summed E-state index contributed by atoms with van der Waals surface area (Å²) in [5.74, 6) is 0.700. The highest BCUT2D eigenvalue weighted by atomic mass is 15.0. The second-order valence-electron chi connectivity index (χ2n) is 18.4. The fourth-order valence-electron chi connectivity index (χ4n) is 12.1. The van der Waals surface area contributed by atoms with Crippen molar-refractivity contribution in [2.75, 3.05) is 0 Å². The first-order valence-electron chi connectivity index (χ1n) is 23.7. The summed E-state index contributed by atoms with van der Waals surface area (Å²) in [4.78, 5) is 10.7. The molecule has 1 aliphatic carbocycles. The Morgan fingerprint density at radius 1 is 0.319 bits per heavy atom. The van der Waals surface area contributed by atoms with Gasteiger partial charge in [0.1, 0.15) is 0 Å². The lowest BCUT2D eigenvalue weighted by atomic mass is 9.65. The van der Waals surface area contributed by atoms with Gasteiger partial charge in [0.2, 0.25) is 0 Å². The van der Waals surface area contributed by atoms with E-state index < -0.39 is 5.41 Å². The zero-order valence-electron chi connectivity index (χ0n) is 37.4. The second-order valence-corrected chi connectivity index (χ2v) is 18.4. The van der Waals surface area contributed by atoms with Crippen molar-refractivity contribution in [3.63, 3.8) is 0 Å². The lowest BCUT2D eigenvalue weighted by Gasteiger charge is -2.39. The van der Waals surface area contributed by atoms with Crippen molar-refractivity contribution in [1.29, 1.82) is 0 Å². The quantitative estimate of drug-likeness (QED) is 0.173. The number of hydrogen-bond acceptors (Lipinski definition) is 2. The Bertz CT molecular complexity index is 4180. The standard InChI is InChI=1S/C65H40N4/c1-4-18-41(19-5-1)56-40-57(67-64(66-56)42-20-6-2-7-21-42)49-27-17-29-54-62(49)51-39-43(44-35-37-60-50(38-44)47-25-11-13-31-58(47)68(60)45-22-8-3-9-23-45)34-36-52(51)65(54)53-28-12-15-33-61(53)69-59-32-14-10-24-46(59)48-26-16-30-55(65)63(48)69/h1-40H. The van der Waals surface area contributed by atoms with E-state index in [1.807, 2.05) is 6.07 Å². The van der Waals surface area contributed by atoms with Crippen LogP contribution in [0.4, 0.5) is 0 Å². The van der Waals surface area contributed by atoms with Gasteiger partial charge in [-0.2, -0.15) is 0 Å². The van der Waals surface area contributed by atoms with E-state index in [4.69, 9.17) is 9.97 Å². The van der Waals surface area contributed by atoms with Crippen LogP contribution in [0.1, 0.15) is 22.3 Å². The summed E-state index contributed by atoms with van der Waals surface area (Å²) in [6, 6.07) is 88.6. The number of aromatic nitrogens is 4. The molecule has 0 fully saturated rings. The van der Waals surface area contributed by atoms with Crippen molar-refractivity contribution in [3.8, 4) is 67.5 Å². The molecule has 0 saturated heterocycles. The molecule has 15 rings (SSSR count). The van der Waals surface area contributed by atoms with Crippen molar-refractivity contribution in [3.05, 3.63) is 265 Å². The summed E-state index contributed by atoms with van der Waals surface area (Å²) in [7, 11) is 0. The van der Waals surface area contributed by atoms with Gasteiger partial charge in [0.25, 0.3) is 0 Å². The van der Waals surface area contributed by atoms with Crippen molar-refractivity contribution in [2.45, 2.75) is 5.41 Å². The van der Waals surface area contributed by atoms with Crippen LogP contribution < -0.4 is 0 Å². The molecule has 4 nitrogen and oxygen atoms in total. The molecule has 13 aromatic rings. The molecule has 69 heavy (non-hydrogen) atoms. The molecule has 3 aromatic heterocycles. The van der Waals surface area contributed by atoms with Crippen LogP contribution in [0.25, 0.3) is 111 Å². The maximum atomic E-state index is 5.48. The molecule has 10 aromatic carbocycles. The monoisotopic (exact) mass is 876 g/mol. The third-order valence-electron chi connectivity index (χ3n) is 14.9. The molecular formula is C65H40N4. The van der Waals surface area contributed by atoms with Crippen LogP contribution in [-0.4, -0.2) is 19.1 Å². The summed E-state index contributed by atoms with van der Waals surface area (Å²) in [6.45, 7) is 0. The summed E-state index contributed by atoms with van der Waals surface area (Å²) >= 11 is 0. The van der Waals surface area contributed by atoms with Crippen LogP contribution >= 0.6 is 0 Å². The molecule has 1 aliphatic heterocycles. The predicted molar refractivity (Wildman–Crippen MR) is 283 cm³/mol. The van der Waals surface area contributed by atoms with Crippen LogP contribution in [0.3, 0.4) is 0 Å². The maximum absolute atomic E-state index is 5.48. The summed E-state index contributed by atoms with van der Waals surface area (Å²) in [5.41, 5.74) is 21.3. The van der Waals surface area contributed by atoms with Gasteiger partial charge in [0, 0.05) is 43.9 Å². The number of rotatable bonds is 5. The largest absolute Gasteiger partial charge is 0.309 e. The Hall–Kier alpha value is -9.12. The molecule has 320 valence electrons. The van der Waals surface area contributed by atoms with Gasteiger partial charge in [-0.1, -0.05) is 188 Å². The highest BCUT2D eigenvalue weighted by Gasteiger charge is 2.51. The first-order chi connectivity index (χ1) is 34.2. The SMILES string of the molecule is c1ccc(-c2cc(-c3cccc4c3-c3cc(-c5ccc6c(c5)c5ccccc5n6-c5ccccc5)ccc3C43c4ccccc4-n4c5ccccc5c5cccc3c54)nc(-c3ccccc3)n2)cc1. The first kappa shape index (κ1) is 38.0. The van der Waals surface area contributed by atoms with Gasteiger partial charge in [-0.25, -0.2) is 9.97 Å². The maximum Gasteiger partial charge on any atom is 0.160 e. The number of nitrogens with zero attached hydrogens (tertiary/aromatic N) is 4. The summed E-state index contributed by atoms with van der Waals surface area (Å²) in [6.07, 6.45) is 0. The smallest absolute Gasteiger partial charge is 0.160 e. The van der Waals surface area contributed by atoms with Gasteiger partial charge in [-0.3, -0.25) is 0 Å². The van der Waals surface area contributed by atoms with Gasteiger partial charge >= 0.3 is 0 Å². The predicted octanol–water partition coefficient (Wildman–Crippen LogP) is 16.0. The highest BCUT2D eigenvalue weighted by Crippen LogP contribution is 2.63. The Balaban J connectivity index is 1.04. The Morgan fingerprint density at radius 3 is 1.71 bits per heavy atom. The van der Waals surface area contributed by atoms with Crippen molar-refractivity contribution >= 4 is 43.6 Å². The molecule has 1 atom stereocenters. The average Bonchev–Trinajstić information content (AvgIpc) is 4.05. The minimum Gasteiger partial charge on any atom is -0.309 e. The summed E-state index contributed by atoms with van der Waals surface area (Å²) in [5, 5.41) is 4.99. The van der Waals surface area contributed by atoms with Crippen LogP contribution in [0.5, 0.6) is 0 Å². The fraction of sp³-hybridized carbons (Fsp3) is 0.0154. The minimum atomic E-state index is -0.635. The number of para-hydroxylation sites is 5. The molecule has 1 spiro atoms. The Morgan fingerprint density at radius 2 is 0.899 bits per heavy atom. The van der Waals surface area contributed by atoms with Crippen molar-refractivity contribution < 1.29 is 0 Å². The van der Waals surface area contributed by atoms with E-state index in [9.17, 15) is 0 Å². The van der Waals surface area contributed by atoms with Gasteiger partial charge < -0.3 is 9.13 Å². The van der Waals surface area contributed by atoms with E-state index in [1.54, 1.807) is 0 Å². The lowest BCUT2D eigenvalue weighted by molar-refractivity contribution is 0.748. The van der Waals surface area contributed by atoms with Gasteiger partial charge in [0.15, 0.2) is 5.82 Å². The average molecular weight is 877 g/mol. The minimum absolute atomic E-state index is 0.635. The molecule has 0 N–H and O–H groups in total. The molecule has 2 aliphatic rings. The van der Waals surface area contributed by atoms with Crippen molar-refractivity contribution in [2.24, 2.45) is 0 Å². The number of hydrogen-bond donors (Lipinski definition) is 0. The third-order valence-corrected chi connectivity index (χ3v) is 14.9. The molecule has 4 heterocycles. The van der Waals surface area contributed by atoms with E-state index in [1.165, 1.54) is 93.8 Å². The molecule has 0 radical (unpaired) electrons.